The molecule has 3 aromatic carbocycles. The van der Waals surface area contributed by atoms with Gasteiger partial charge in [0.05, 0.1) is 15.1 Å². The van der Waals surface area contributed by atoms with Crippen LogP contribution in [0.3, 0.4) is 0 Å². The van der Waals surface area contributed by atoms with Crippen LogP contribution < -0.4 is 4.74 Å². The van der Waals surface area contributed by atoms with Crippen LogP contribution in [0.1, 0.15) is 23.6 Å². The van der Waals surface area contributed by atoms with E-state index >= 15 is 0 Å². The van der Waals surface area contributed by atoms with Crippen molar-refractivity contribution in [1.82, 2.24) is 0 Å². The number of hydrogen-bond acceptors (Lipinski definition) is 4. The zero-order valence-electron chi connectivity index (χ0n) is 15.3. The fraction of sp³-hybridized carbons (Fsp3) is 0.136. The molecule has 0 spiro atoms. The number of benzene rings is 3. The average Bonchev–Trinajstić information content (AvgIpc) is 2.72. The highest BCUT2D eigenvalue weighted by molar-refractivity contribution is 9.10. The highest BCUT2D eigenvalue weighted by Crippen LogP contribution is 2.27. The van der Waals surface area contributed by atoms with E-state index in [2.05, 4.69) is 40.0 Å². The monoisotopic (exact) mass is 438 g/mol. The first-order chi connectivity index (χ1) is 13.5. The smallest absolute Gasteiger partial charge is 0.269 e. The van der Waals surface area contributed by atoms with E-state index in [0.717, 1.165) is 27.7 Å². The lowest BCUT2D eigenvalue weighted by Gasteiger charge is -2.09. The van der Waals surface area contributed by atoms with Gasteiger partial charge in [-0.15, -0.1) is 0 Å². The summed E-state index contributed by atoms with van der Waals surface area (Å²) in [5.74, 6) is 0.697. The van der Waals surface area contributed by atoms with E-state index in [0.29, 0.717) is 12.4 Å². The zero-order chi connectivity index (χ0) is 19.9. The summed E-state index contributed by atoms with van der Waals surface area (Å²) in [4.78, 5) is 14.8. The van der Waals surface area contributed by atoms with E-state index in [9.17, 15) is 10.1 Å². The molecule has 6 heteroatoms. The molecule has 0 saturated carbocycles. The van der Waals surface area contributed by atoms with Crippen molar-refractivity contribution in [3.63, 3.8) is 0 Å². The van der Waals surface area contributed by atoms with Crippen LogP contribution in [-0.2, 0) is 13.0 Å². The first-order valence-electron chi connectivity index (χ1n) is 8.84. The van der Waals surface area contributed by atoms with Gasteiger partial charge in [-0.25, -0.2) is 0 Å². The number of nitrogens with zero attached hydrogens (tertiary/aromatic N) is 2. The lowest BCUT2D eigenvalue weighted by Crippen LogP contribution is -1.97. The minimum atomic E-state index is -0.417. The normalized spacial score (nSPS) is 10.9. The van der Waals surface area contributed by atoms with Gasteiger partial charge in [0.15, 0.2) is 0 Å². The Morgan fingerprint density at radius 2 is 1.71 bits per heavy atom. The highest BCUT2D eigenvalue weighted by Gasteiger charge is 2.06. The number of halogens is 1. The topological polar surface area (TPSA) is 64.7 Å². The van der Waals surface area contributed by atoms with E-state index in [-0.39, 0.29) is 5.69 Å². The molecule has 142 valence electrons. The molecule has 28 heavy (non-hydrogen) atoms. The third-order valence-electron chi connectivity index (χ3n) is 4.20. The maximum atomic E-state index is 10.7. The lowest BCUT2D eigenvalue weighted by molar-refractivity contribution is -0.384. The van der Waals surface area contributed by atoms with Gasteiger partial charge in [-0.2, -0.15) is 0 Å². The Balaban J connectivity index is 1.63. The molecule has 0 aliphatic heterocycles. The van der Waals surface area contributed by atoms with Crippen molar-refractivity contribution in [2.75, 3.05) is 0 Å². The van der Waals surface area contributed by atoms with Gasteiger partial charge in [0, 0.05) is 18.3 Å². The minimum Gasteiger partial charge on any atom is -0.488 e. The molecule has 0 aliphatic rings. The molecule has 0 bridgehead atoms. The Morgan fingerprint density at radius 3 is 2.32 bits per heavy atom. The molecule has 0 unspecified atom stereocenters. The quantitative estimate of drug-likeness (QED) is 0.248. The van der Waals surface area contributed by atoms with Crippen molar-refractivity contribution in [2.24, 2.45) is 4.99 Å². The van der Waals surface area contributed by atoms with Crippen LogP contribution in [0.2, 0.25) is 0 Å². The van der Waals surface area contributed by atoms with Gasteiger partial charge in [0.25, 0.3) is 5.69 Å². The van der Waals surface area contributed by atoms with Crippen molar-refractivity contribution >= 4 is 33.5 Å². The summed E-state index contributed by atoms with van der Waals surface area (Å²) in [6.07, 6.45) is 2.82. The Kier molecular flexibility index (Phi) is 6.55. The van der Waals surface area contributed by atoms with E-state index in [1.807, 2.05) is 36.5 Å². The molecule has 0 amide bonds. The Morgan fingerprint density at radius 1 is 1.04 bits per heavy atom. The van der Waals surface area contributed by atoms with Gasteiger partial charge in [0.2, 0.25) is 0 Å². The number of hydrogen-bond donors (Lipinski definition) is 0. The van der Waals surface area contributed by atoms with Crippen molar-refractivity contribution in [3.8, 4) is 5.75 Å². The molecule has 0 atom stereocenters. The van der Waals surface area contributed by atoms with Gasteiger partial charge in [-0.1, -0.05) is 19.1 Å². The number of aryl methyl sites for hydroxylation is 1. The number of aliphatic imine (C=N–C) groups is 1. The first-order valence-corrected chi connectivity index (χ1v) is 9.63. The molecule has 5 nitrogen and oxygen atoms in total. The van der Waals surface area contributed by atoms with E-state index < -0.39 is 4.92 Å². The summed E-state index contributed by atoms with van der Waals surface area (Å²) in [5, 5.41) is 10.7. The summed E-state index contributed by atoms with van der Waals surface area (Å²) in [7, 11) is 0. The van der Waals surface area contributed by atoms with Gasteiger partial charge < -0.3 is 4.74 Å². The largest absolute Gasteiger partial charge is 0.488 e. The Hall–Kier alpha value is -2.99. The summed E-state index contributed by atoms with van der Waals surface area (Å²) < 4.78 is 6.62. The molecule has 3 aromatic rings. The number of nitro benzene ring substituents is 1. The second-order valence-corrected chi connectivity index (χ2v) is 7.03. The summed E-state index contributed by atoms with van der Waals surface area (Å²) in [5.41, 5.74) is 4.08. The number of non-ortho nitro benzene ring substituents is 1. The van der Waals surface area contributed by atoms with Gasteiger partial charge in [0.1, 0.15) is 12.4 Å². The second kappa shape index (κ2) is 9.28. The second-order valence-electron chi connectivity index (χ2n) is 6.18. The predicted octanol–water partition coefficient (Wildman–Crippen LogP) is 6.25. The maximum Gasteiger partial charge on any atom is 0.269 e. The van der Waals surface area contributed by atoms with Crippen molar-refractivity contribution in [2.45, 2.75) is 20.0 Å². The van der Waals surface area contributed by atoms with E-state index in [1.165, 1.54) is 17.7 Å². The SMILES string of the molecule is CCc1ccc(N=Cc2ccc(OCc3ccc([N+](=O)[O-])cc3)c(Br)c2)cc1. The van der Waals surface area contributed by atoms with Gasteiger partial charge in [-0.3, -0.25) is 15.1 Å². The molecule has 0 heterocycles. The Labute approximate surface area is 172 Å². The summed E-state index contributed by atoms with van der Waals surface area (Å²) in [6, 6.07) is 20.2. The Bertz CT molecular complexity index is 984. The van der Waals surface area contributed by atoms with Crippen LogP contribution in [0.25, 0.3) is 0 Å². The fourth-order valence-corrected chi connectivity index (χ4v) is 3.07. The fourth-order valence-electron chi connectivity index (χ4n) is 2.56. The summed E-state index contributed by atoms with van der Waals surface area (Å²) in [6.45, 7) is 2.45. The molecule has 3 rings (SSSR count). The van der Waals surface area contributed by atoms with E-state index in [4.69, 9.17) is 4.74 Å². The van der Waals surface area contributed by atoms with Crippen LogP contribution >= 0.6 is 15.9 Å². The number of nitro groups is 1. The molecular formula is C22H19BrN2O3. The van der Waals surface area contributed by atoms with Gasteiger partial charge >= 0.3 is 0 Å². The number of ether oxygens (including phenoxy) is 1. The van der Waals surface area contributed by atoms with Crippen molar-refractivity contribution in [1.29, 1.82) is 0 Å². The van der Waals surface area contributed by atoms with Gasteiger partial charge in [-0.05, 0) is 81.5 Å². The van der Waals surface area contributed by atoms with Crippen LogP contribution in [0, 0.1) is 10.1 Å². The molecular weight excluding hydrogens is 420 g/mol. The maximum absolute atomic E-state index is 10.7. The molecule has 0 N–H and O–H groups in total. The lowest BCUT2D eigenvalue weighted by atomic mass is 10.1. The molecule has 0 saturated heterocycles. The molecule has 0 fully saturated rings. The highest BCUT2D eigenvalue weighted by atomic mass is 79.9. The third-order valence-corrected chi connectivity index (χ3v) is 4.82. The standard InChI is InChI=1S/C22H19BrN2O3/c1-2-16-3-8-19(9-4-16)24-14-18-7-12-22(21(23)13-18)28-15-17-5-10-20(11-6-17)25(26)27/h3-14H,2,15H2,1H3. The van der Waals surface area contributed by atoms with Crippen LogP contribution in [0.4, 0.5) is 11.4 Å². The average molecular weight is 439 g/mol. The molecule has 0 aromatic heterocycles. The van der Waals surface area contributed by atoms with Crippen molar-refractivity contribution in [3.05, 3.63) is 98.0 Å². The van der Waals surface area contributed by atoms with Crippen LogP contribution in [0.5, 0.6) is 5.75 Å². The molecule has 0 aliphatic carbocycles. The van der Waals surface area contributed by atoms with Crippen molar-refractivity contribution < 1.29 is 9.66 Å². The predicted molar refractivity (Wildman–Crippen MR) is 115 cm³/mol. The van der Waals surface area contributed by atoms with Crippen LogP contribution in [0.15, 0.2) is 76.2 Å². The van der Waals surface area contributed by atoms with E-state index in [1.54, 1.807) is 12.1 Å². The zero-order valence-corrected chi connectivity index (χ0v) is 16.9. The summed E-state index contributed by atoms with van der Waals surface area (Å²) >= 11 is 3.52. The first kappa shape index (κ1) is 19.8. The minimum absolute atomic E-state index is 0.0675. The third kappa shape index (κ3) is 5.27. The molecule has 0 radical (unpaired) electrons. The number of rotatable bonds is 7. The van der Waals surface area contributed by atoms with Crippen LogP contribution in [-0.4, -0.2) is 11.1 Å².